The smallest absolute Gasteiger partial charge is 0.241 e. The lowest BCUT2D eigenvalue weighted by molar-refractivity contribution is -0.113. The van der Waals surface area contributed by atoms with Gasteiger partial charge in [-0.3, -0.25) is 4.79 Å². The first kappa shape index (κ1) is 10.6. The van der Waals surface area contributed by atoms with Crippen LogP contribution in [0, 0.1) is 0 Å². The van der Waals surface area contributed by atoms with Gasteiger partial charge in [0.15, 0.2) is 0 Å². The van der Waals surface area contributed by atoms with E-state index < -0.39 is 5.91 Å². The summed E-state index contributed by atoms with van der Waals surface area (Å²) in [4.78, 5) is 14.2. The fourth-order valence-electron chi connectivity index (χ4n) is 2.21. The molecule has 1 amide bonds. The third-order valence-corrected chi connectivity index (χ3v) is 3.00. The van der Waals surface area contributed by atoms with Crippen LogP contribution >= 0.6 is 0 Å². The molecule has 0 saturated carbocycles. The van der Waals surface area contributed by atoms with Crippen molar-refractivity contribution in [1.29, 1.82) is 0 Å². The number of aromatic nitrogens is 1. The largest absolute Gasteiger partial charge is 0.366 e. The minimum absolute atomic E-state index is 0.442. The maximum atomic E-state index is 10.8. The molecule has 3 N–H and O–H groups in total. The van der Waals surface area contributed by atoms with Gasteiger partial charge in [0, 0.05) is 22.4 Å². The third kappa shape index (κ3) is 1.66. The number of benzene rings is 2. The number of H-pyrrole nitrogens is 1. The van der Waals surface area contributed by atoms with Crippen molar-refractivity contribution >= 4 is 33.8 Å². The summed E-state index contributed by atoms with van der Waals surface area (Å²) in [6.07, 6.45) is 3.11. The Kier molecular flexibility index (Phi) is 2.38. The normalized spacial score (nSPS) is 11.6. The van der Waals surface area contributed by atoms with Crippen LogP contribution in [0.3, 0.4) is 0 Å². The van der Waals surface area contributed by atoms with Gasteiger partial charge in [-0.1, -0.05) is 36.4 Å². The van der Waals surface area contributed by atoms with E-state index >= 15 is 0 Å². The first-order valence-corrected chi connectivity index (χ1v) is 5.72. The summed E-state index contributed by atoms with van der Waals surface area (Å²) in [5, 5.41) is 2.33. The Morgan fingerprint density at radius 3 is 2.67 bits per heavy atom. The Labute approximate surface area is 104 Å². The summed E-state index contributed by atoms with van der Waals surface area (Å²) in [6, 6.07) is 14.1. The summed E-state index contributed by atoms with van der Waals surface area (Å²) in [7, 11) is 0. The number of hydrogen-bond donors (Lipinski definition) is 2. The Morgan fingerprint density at radius 1 is 1.06 bits per heavy atom. The molecule has 0 fully saturated rings. The lowest BCUT2D eigenvalue weighted by Gasteiger charge is -1.96. The van der Waals surface area contributed by atoms with Crippen LogP contribution in [0.2, 0.25) is 0 Å². The molecule has 1 heterocycles. The highest BCUT2D eigenvalue weighted by atomic mass is 16.1. The zero-order valence-corrected chi connectivity index (χ0v) is 9.68. The van der Waals surface area contributed by atoms with Crippen LogP contribution in [-0.2, 0) is 4.79 Å². The number of rotatable bonds is 2. The van der Waals surface area contributed by atoms with E-state index in [9.17, 15) is 4.79 Å². The van der Waals surface area contributed by atoms with Crippen molar-refractivity contribution in [3.63, 3.8) is 0 Å². The third-order valence-electron chi connectivity index (χ3n) is 3.00. The predicted octanol–water partition coefficient (Wildman–Crippen LogP) is 2.82. The number of hydrogen-bond acceptors (Lipinski definition) is 1. The van der Waals surface area contributed by atoms with Gasteiger partial charge in [-0.2, -0.15) is 0 Å². The number of para-hydroxylation sites is 2. The standard InChI is InChI=1S/C15H12N2O/c16-14(18)9-8-10-4-3-6-12-11-5-1-2-7-13(11)17-15(10)12/h1-9,17H,(H2,16,18). The molecule has 3 heteroatoms. The number of nitrogens with two attached hydrogens (primary N) is 1. The SMILES string of the molecule is NC(=O)C=Cc1cccc2c1[nH]c1ccccc12. The first-order valence-electron chi connectivity index (χ1n) is 5.72. The van der Waals surface area contributed by atoms with Gasteiger partial charge in [0.1, 0.15) is 0 Å². The van der Waals surface area contributed by atoms with Crippen LogP contribution < -0.4 is 5.73 Å². The summed E-state index contributed by atoms with van der Waals surface area (Å²) in [5.41, 5.74) is 8.20. The number of aromatic amines is 1. The fourth-order valence-corrected chi connectivity index (χ4v) is 2.21. The second-order valence-corrected chi connectivity index (χ2v) is 4.18. The molecule has 0 bridgehead atoms. The topological polar surface area (TPSA) is 58.9 Å². The molecule has 0 aliphatic heterocycles. The molecule has 0 aliphatic rings. The van der Waals surface area contributed by atoms with Gasteiger partial charge < -0.3 is 10.7 Å². The average Bonchev–Trinajstić information content (AvgIpc) is 2.75. The van der Waals surface area contributed by atoms with Gasteiger partial charge in [0.05, 0.1) is 5.52 Å². The predicted molar refractivity (Wildman–Crippen MR) is 74.0 cm³/mol. The molecule has 0 spiro atoms. The lowest BCUT2D eigenvalue weighted by Crippen LogP contribution is -2.05. The van der Waals surface area contributed by atoms with E-state index in [1.54, 1.807) is 6.08 Å². The molecule has 2 aromatic carbocycles. The summed E-state index contributed by atoms with van der Waals surface area (Å²) < 4.78 is 0. The zero-order valence-electron chi connectivity index (χ0n) is 9.68. The molecule has 18 heavy (non-hydrogen) atoms. The molecular weight excluding hydrogens is 224 g/mol. The lowest BCUT2D eigenvalue weighted by atomic mass is 10.1. The maximum absolute atomic E-state index is 10.8. The van der Waals surface area contributed by atoms with E-state index in [0.29, 0.717) is 0 Å². The monoisotopic (exact) mass is 236 g/mol. The minimum atomic E-state index is -0.442. The molecule has 88 valence electrons. The Balaban J connectivity index is 2.31. The van der Waals surface area contributed by atoms with Crippen LogP contribution in [-0.4, -0.2) is 10.9 Å². The van der Waals surface area contributed by atoms with Gasteiger partial charge in [-0.15, -0.1) is 0 Å². The summed E-state index contributed by atoms with van der Waals surface area (Å²) in [5.74, 6) is -0.442. The summed E-state index contributed by atoms with van der Waals surface area (Å²) in [6.45, 7) is 0. The number of fused-ring (bicyclic) bond motifs is 3. The van der Waals surface area contributed by atoms with E-state index in [0.717, 1.165) is 22.0 Å². The van der Waals surface area contributed by atoms with E-state index in [1.165, 1.54) is 11.5 Å². The zero-order chi connectivity index (χ0) is 12.5. The maximum Gasteiger partial charge on any atom is 0.241 e. The molecular formula is C15H12N2O. The second kappa shape index (κ2) is 4.04. The number of carbonyl (C=O) groups is 1. The van der Waals surface area contributed by atoms with Crippen molar-refractivity contribution in [3.8, 4) is 0 Å². The number of primary amides is 1. The van der Waals surface area contributed by atoms with Gasteiger partial charge in [-0.25, -0.2) is 0 Å². The minimum Gasteiger partial charge on any atom is -0.366 e. The van der Waals surface area contributed by atoms with Crippen molar-refractivity contribution in [3.05, 3.63) is 54.1 Å². The Hall–Kier alpha value is -2.55. The highest BCUT2D eigenvalue weighted by molar-refractivity contribution is 6.10. The van der Waals surface area contributed by atoms with Crippen LogP contribution in [0.4, 0.5) is 0 Å². The number of carbonyl (C=O) groups excluding carboxylic acids is 1. The molecule has 0 radical (unpaired) electrons. The average molecular weight is 236 g/mol. The van der Waals surface area contributed by atoms with Crippen molar-refractivity contribution in [2.24, 2.45) is 5.73 Å². The van der Waals surface area contributed by atoms with Crippen molar-refractivity contribution in [2.45, 2.75) is 0 Å². The van der Waals surface area contributed by atoms with Crippen molar-refractivity contribution in [1.82, 2.24) is 4.98 Å². The second-order valence-electron chi connectivity index (χ2n) is 4.18. The van der Waals surface area contributed by atoms with Crippen LogP contribution in [0.25, 0.3) is 27.9 Å². The van der Waals surface area contributed by atoms with Gasteiger partial charge in [0.25, 0.3) is 0 Å². The number of amides is 1. The van der Waals surface area contributed by atoms with Crippen LogP contribution in [0.15, 0.2) is 48.5 Å². The van der Waals surface area contributed by atoms with Crippen molar-refractivity contribution in [2.75, 3.05) is 0 Å². The summed E-state index contributed by atoms with van der Waals surface area (Å²) >= 11 is 0. The fraction of sp³-hybridized carbons (Fsp3) is 0. The van der Waals surface area contributed by atoms with Gasteiger partial charge in [0.2, 0.25) is 5.91 Å². The Morgan fingerprint density at radius 2 is 1.83 bits per heavy atom. The van der Waals surface area contributed by atoms with Gasteiger partial charge in [-0.05, 0) is 17.7 Å². The Bertz CT molecular complexity index is 768. The van der Waals surface area contributed by atoms with E-state index in [1.807, 2.05) is 30.3 Å². The number of nitrogens with one attached hydrogen (secondary N) is 1. The van der Waals surface area contributed by atoms with Gasteiger partial charge >= 0.3 is 0 Å². The van der Waals surface area contributed by atoms with E-state index in [-0.39, 0.29) is 0 Å². The van der Waals surface area contributed by atoms with E-state index in [2.05, 4.69) is 17.1 Å². The molecule has 1 aromatic heterocycles. The van der Waals surface area contributed by atoms with Crippen LogP contribution in [0.5, 0.6) is 0 Å². The van der Waals surface area contributed by atoms with Crippen molar-refractivity contribution < 1.29 is 4.79 Å². The molecule has 0 aliphatic carbocycles. The molecule has 3 aromatic rings. The quantitative estimate of drug-likeness (QED) is 0.660. The van der Waals surface area contributed by atoms with E-state index in [4.69, 9.17) is 5.73 Å². The van der Waals surface area contributed by atoms with Crippen LogP contribution in [0.1, 0.15) is 5.56 Å². The molecule has 3 rings (SSSR count). The molecule has 3 nitrogen and oxygen atoms in total. The molecule has 0 unspecified atom stereocenters. The molecule has 0 saturated heterocycles. The highest BCUT2D eigenvalue weighted by Gasteiger charge is 2.05. The molecule has 0 atom stereocenters. The highest BCUT2D eigenvalue weighted by Crippen LogP contribution is 2.27. The first-order chi connectivity index (χ1) is 8.75.